The van der Waals surface area contributed by atoms with E-state index < -0.39 is 11.9 Å². The standard InChI is InChI=1S/C38H37ClN4O5/c1-23-21-40-17-16-28(23)41-33(46)14-15-34(47)43-30-10-7-11-31(44)36(30)42-29-19-38(2,3)20-32(45)35(29)37(43)26-13-12-25(18-27(26)39)48-22-24-8-5-4-6-9-24/h4-13,16-18,21,37,42,44H,14-15,19-20,22H2,1-3H3,(H,40,41,46). The number of para-hydroxylation sites is 1. The van der Waals surface area contributed by atoms with Crippen LogP contribution in [0.3, 0.4) is 0 Å². The average Bonchev–Trinajstić information content (AvgIpc) is 3.19. The Bertz CT molecular complexity index is 1920. The maximum atomic E-state index is 14.4. The van der Waals surface area contributed by atoms with Gasteiger partial charge in [-0.2, -0.15) is 0 Å². The van der Waals surface area contributed by atoms with Crippen LogP contribution in [0.15, 0.2) is 96.5 Å². The minimum absolute atomic E-state index is 0.0738. The molecule has 246 valence electrons. The Labute approximate surface area is 284 Å². The van der Waals surface area contributed by atoms with Crippen LogP contribution in [0.2, 0.25) is 5.02 Å². The second-order valence-corrected chi connectivity index (χ2v) is 13.4. The largest absolute Gasteiger partial charge is 0.506 e. The normalized spacial score (nSPS) is 16.7. The summed E-state index contributed by atoms with van der Waals surface area (Å²) in [6.07, 6.45) is 3.72. The second-order valence-electron chi connectivity index (χ2n) is 13.0. The van der Waals surface area contributed by atoms with Crippen LogP contribution < -0.4 is 20.3 Å². The number of halogens is 1. The van der Waals surface area contributed by atoms with Crippen LogP contribution in [-0.4, -0.2) is 27.7 Å². The number of Topliss-reactive ketones (excluding diaryl/α,β-unsaturated/α-hetero) is 1. The Morgan fingerprint density at radius 1 is 1.06 bits per heavy atom. The number of allylic oxidation sites excluding steroid dienone is 1. The number of carbonyl (C=O) groups excluding carboxylic acids is 3. The van der Waals surface area contributed by atoms with Gasteiger partial charge in [-0.3, -0.25) is 24.3 Å². The van der Waals surface area contributed by atoms with Crippen molar-refractivity contribution in [1.29, 1.82) is 0 Å². The third-order valence-electron chi connectivity index (χ3n) is 8.65. The summed E-state index contributed by atoms with van der Waals surface area (Å²) in [5, 5.41) is 17.6. The van der Waals surface area contributed by atoms with Crippen molar-refractivity contribution >= 4 is 46.3 Å². The van der Waals surface area contributed by atoms with Crippen LogP contribution in [0.1, 0.15) is 62.3 Å². The molecule has 0 saturated heterocycles. The molecule has 48 heavy (non-hydrogen) atoms. The van der Waals surface area contributed by atoms with Crippen molar-refractivity contribution in [2.24, 2.45) is 5.41 Å². The van der Waals surface area contributed by atoms with Crippen molar-refractivity contribution in [1.82, 2.24) is 4.98 Å². The molecule has 2 heterocycles. The predicted molar refractivity (Wildman–Crippen MR) is 186 cm³/mol. The lowest BCUT2D eigenvalue weighted by Gasteiger charge is -2.37. The molecular weight excluding hydrogens is 628 g/mol. The topological polar surface area (TPSA) is 121 Å². The summed E-state index contributed by atoms with van der Waals surface area (Å²) >= 11 is 7.00. The van der Waals surface area contributed by atoms with Gasteiger partial charge in [-0.15, -0.1) is 0 Å². The smallest absolute Gasteiger partial charge is 0.228 e. The SMILES string of the molecule is Cc1cnccc1NC(=O)CCC(=O)N1c2cccc(O)c2NC2=C(C(=O)CC(C)(C)C2)C1c1ccc(OCc2ccccc2)cc1Cl. The number of phenols is 1. The monoisotopic (exact) mass is 664 g/mol. The van der Waals surface area contributed by atoms with Crippen LogP contribution in [0.25, 0.3) is 0 Å². The maximum absolute atomic E-state index is 14.4. The summed E-state index contributed by atoms with van der Waals surface area (Å²) in [6, 6.07) is 20.6. The van der Waals surface area contributed by atoms with E-state index in [4.69, 9.17) is 16.3 Å². The fourth-order valence-electron chi connectivity index (χ4n) is 6.34. The van der Waals surface area contributed by atoms with Gasteiger partial charge in [0.2, 0.25) is 11.8 Å². The number of rotatable bonds is 8. The van der Waals surface area contributed by atoms with Gasteiger partial charge in [0.15, 0.2) is 5.78 Å². The number of anilines is 3. The first-order chi connectivity index (χ1) is 23.0. The van der Waals surface area contributed by atoms with E-state index >= 15 is 0 Å². The number of benzene rings is 3. The van der Waals surface area contributed by atoms with Crippen LogP contribution in [0, 0.1) is 12.3 Å². The van der Waals surface area contributed by atoms with Crippen molar-refractivity contribution in [2.75, 3.05) is 15.5 Å². The van der Waals surface area contributed by atoms with E-state index in [2.05, 4.69) is 15.6 Å². The van der Waals surface area contributed by atoms with Gasteiger partial charge in [-0.25, -0.2) is 0 Å². The zero-order valence-electron chi connectivity index (χ0n) is 27.0. The third-order valence-corrected chi connectivity index (χ3v) is 8.98. The minimum atomic E-state index is -0.937. The number of hydrogen-bond donors (Lipinski definition) is 3. The summed E-state index contributed by atoms with van der Waals surface area (Å²) in [7, 11) is 0. The van der Waals surface area contributed by atoms with E-state index in [1.165, 1.54) is 11.0 Å². The molecule has 9 nitrogen and oxygen atoms in total. The lowest BCUT2D eigenvalue weighted by atomic mass is 9.73. The summed E-state index contributed by atoms with van der Waals surface area (Å²) in [5.74, 6) is -0.428. The molecule has 1 aliphatic heterocycles. The molecule has 4 aromatic rings. The molecule has 10 heteroatoms. The van der Waals surface area contributed by atoms with E-state index in [1.807, 2.05) is 51.1 Å². The first-order valence-corrected chi connectivity index (χ1v) is 16.2. The fraction of sp³-hybridized carbons (Fsp3) is 0.263. The number of fused-ring (bicyclic) bond motifs is 1. The number of aromatic nitrogens is 1. The number of phenolic OH excluding ortho intramolecular Hbond substituents is 1. The Balaban J connectivity index is 1.40. The molecule has 3 N–H and O–H groups in total. The van der Waals surface area contributed by atoms with Crippen molar-refractivity contribution in [2.45, 2.75) is 59.1 Å². The number of nitrogens with zero attached hydrogens (tertiary/aromatic N) is 2. The number of ether oxygens (including phenoxy) is 1. The van der Waals surface area contributed by atoms with Gasteiger partial charge >= 0.3 is 0 Å². The van der Waals surface area contributed by atoms with Gasteiger partial charge in [0.1, 0.15) is 23.8 Å². The molecule has 1 aromatic heterocycles. The van der Waals surface area contributed by atoms with Crippen LogP contribution in [0.4, 0.5) is 17.1 Å². The minimum Gasteiger partial charge on any atom is -0.506 e. The average molecular weight is 665 g/mol. The van der Waals surface area contributed by atoms with Gasteiger partial charge in [-0.05, 0) is 65.8 Å². The molecule has 2 aliphatic rings. The zero-order chi connectivity index (χ0) is 34.0. The molecule has 6 rings (SSSR count). The number of amides is 2. The Morgan fingerprint density at radius 2 is 1.85 bits per heavy atom. The van der Waals surface area contributed by atoms with E-state index in [0.717, 1.165) is 11.1 Å². The van der Waals surface area contributed by atoms with Crippen LogP contribution in [0.5, 0.6) is 11.5 Å². The Hall–Kier alpha value is -5.15. The number of carbonyl (C=O) groups is 3. The van der Waals surface area contributed by atoms with Crippen molar-refractivity contribution in [3.05, 3.63) is 118 Å². The molecule has 0 bridgehead atoms. The molecule has 2 amide bonds. The molecule has 1 aliphatic carbocycles. The van der Waals surface area contributed by atoms with Crippen LogP contribution >= 0.6 is 11.6 Å². The highest BCUT2D eigenvalue weighted by atomic mass is 35.5. The quantitative estimate of drug-likeness (QED) is 0.164. The van der Waals surface area contributed by atoms with Crippen LogP contribution in [-0.2, 0) is 21.0 Å². The third kappa shape index (κ3) is 6.92. The first-order valence-electron chi connectivity index (χ1n) is 15.8. The highest BCUT2D eigenvalue weighted by Gasteiger charge is 2.44. The predicted octanol–water partition coefficient (Wildman–Crippen LogP) is 7.89. The molecular formula is C38H37ClN4O5. The highest BCUT2D eigenvalue weighted by Crippen LogP contribution is 2.51. The summed E-state index contributed by atoms with van der Waals surface area (Å²) < 4.78 is 6.03. The zero-order valence-corrected chi connectivity index (χ0v) is 27.8. The molecule has 0 fully saturated rings. The molecule has 0 spiro atoms. The van der Waals surface area contributed by atoms with Gasteiger partial charge in [0.05, 0.1) is 11.7 Å². The van der Waals surface area contributed by atoms with Crippen molar-refractivity contribution in [3.63, 3.8) is 0 Å². The van der Waals surface area contributed by atoms with E-state index in [9.17, 15) is 19.5 Å². The lowest BCUT2D eigenvalue weighted by Crippen LogP contribution is -2.40. The Kier molecular flexibility index (Phi) is 9.24. The number of aryl methyl sites for hydroxylation is 1. The number of hydrogen-bond acceptors (Lipinski definition) is 7. The highest BCUT2D eigenvalue weighted by molar-refractivity contribution is 6.31. The molecule has 3 aromatic carbocycles. The van der Waals surface area contributed by atoms with E-state index in [-0.39, 0.29) is 42.1 Å². The number of aromatic hydroxyl groups is 1. The van der Waals surface area contributed by atoms with Gasteiger partial charge in [0.25, 0.3) is 0 Å². The summed E-state index contributed by atoms with van der Waals surface area (Å²) in [4.78, 5) is 47.1. The van der Waals surface area contributed by atoms with Crippen molar-refractivity contribution < 1.29 is 24.2 Å². The number of ketones is 1. The van der Waals surface area contributed by atoms with Crippen molar-refractivity contribution in [3.8, 4) is 11.5 Å². The molecule has 1 atom stereocenters. The summed E-state index contributed by atoms with van der Waals surface area (Å²) in [6.45, 7) is 6.20. The molecule has 0 saturated carbocycles. The van der Waals surface area contributed by atoms with E-state index in [1.54, 1.807) is 48.8 Å². The molecule has 0 radical (unpaired) electrons. The van der Waals surface area contributed by atoms with Gasteiger partial charge < -0.3 is 20.5 Å². The van der Waals surface area contributed by atoms with Gasteiger partial charge in [0, 0.05) is 53.6 Å². The van der Waals surface area contributed by atoms with E-state index in [0.29, 0.717) is 57.7 Å². The second kappa shape index (κ2) is 13.5. The molecule has 1 unspecified atom stereocenters. The van der Waals surface area contributed by atoms with Gasteiger partial charge in [-0.1, -0.05) is 67.9 Å². The lowest BCUT2D eigenvalue weighted by molar-refractivity contribution is -0.123. The number of pyridine rings is 1. The maximum Gasteiger partial charge on any atom is 0.228 e. The first kappa shape index (κ1) is 32.8. The fourth-order valence-corrected chi connectivity index (χ4v) is 6.61. The number of nitrogens with one attached hydrogen (secondary N) is 2. The Morgan fingerprint density at radius 3 is 2.60 bits per heavy atom. The summed E-state index contributed by atoms with van der Waals surface area (Å²) in [5.41, 5.74) is 4.25.